The number of halogens is 1. The second kappa shape index (κ2) is 9.96. The molecule has 7 heteroatoms. The first-order chi connectivity index (χ1) is 13.7. The average molecular weight is 419 g/mol. The Morgan fingerprint density at radius 1 is 1.10 bits per heavy atom. The third-order valence-corrected chi connectivity index (χ3v) is 5.17. The number of benzene rings is 2. The third kappa shape index (κ3) is 5.01. The van der Waals surface area contributed by atoms with E-state index in [9.17, 15) is 5.11 Å². The van der Waals surface area contributed by atoms with E-state index >= 15 is 0 Å². The minimum atomic E-state index is -0.640. The molecular formula is C22H27ClN2O4. The number of aliphatic hydroxyl groups excluding tert-OH is 1. The van der Waals surface area contributed by atoms with E-state index < -0.39 is 6.10 Å². The van der Waals surface area contributed by atoms with Crippen LogP contribution in [0, 0.1) is 0 Å². The van der Waals surface area contributed by atoms with Crippen LogP contribution in [0.5, 0.6) is 11.5 Å². The van der Waals surface area contributed by atoms with Crippen LogP contribution in [-0.4, -0.2) is 47.7 Å². The maximum absolute atomic E-state index is 10.6. The molecule has 0 bridgehead atoms. The Hall–Kier alpha value is -2.28. The molecule has 29 heavy (non-hydrogen) atoms. The Morgan fingerprint density at radius 2 is 1.79 bits per heavy atom. The molecule has 4 rings (SSSR count). The molecule has 1 aliphatic rings. The topological polar surface area (TPSA) is 65.7 Å². The molecule has 0 amide bonds. The van der Waals surface area contributed by atoms with Crippen LogP contribution in [0.25, 0.3) is 11.0 Å². The summed E-state index contributed by atoms with van der Waals surface area (Å²) in [6, 6.07) is 15.4. The van der Waals surface area contributed by atoms with Gasteiger partial charge in [-0.25, -0.2) is 4.98 Å². The van der Waals surface area contributed by atoms with Gasteiger partial charge < -0.3 is 23.9 Å². The summed E-state index contributed by atoms with van der Waals surface area (Å²) < 4.78 is 18.6. The van der Waals surface area contributed by atoms with E-state index in [4.69, 9.17) is 19.2 Å². The van der Waals surface area contributed by atoms with E-state index in [1.165, 1.54) is 0 Å². The van der Waals surface area contributed by atoms with Crippen LogP contribution in [0.2, 0.25) is 0 Å². The van der Waals surface area contributed by atoms with Crippen LogP contribution in [0.4, 0.5) is 0 Å². The molecule has 1 aliphatic heterocycles. The maximum atomic E-state index is 10.6. The molecule has 2 heterocycles. The molecule has 3 aromatic rings. The number of hydrogen-bond donors (Lipinski definition) is 1. The number of ether oxygens (including phenoxy) is 3. The number of aliphatic hydroxyl groups is 1. The fraction of sp³-hybridized carbons (Fsp3) is 0.409. The van der Waals surface area contributed by atoms with Crippen molar-refractivity contribution in [1.82, 2.24) is 9.55 Å². The highest BCUT2D eigenvalue weighted by Crippen LogP contribution is 2.29. The first-order valence-electron chi connectivity index (χ1n) is 9.72. The molecule has 2 aromatic carbocycles. The zero-order valence-corrected chi connectivity index (χ0v) is 17.3. The zero-order valence-electron chi connectivity index (χ0n) is 16.5. The number of para-hydroxylation sites is 2. The highest BCUT2D eigenvalue weighted by molar-refractivity contribution is 5.85. The number of methoxy groups -OCH3 is 1. The minimum absolute atomic E-state index is 0. The van der Waals surface area contributed by atoms with Gasteiger partial charge in [0.1, 0.15) is 30.0 Å². The summed E-state index contributed by atoms with van der Waals surface area (Å²) in [5.41, 5.74) is 2.01. The van der Waals surface area contributed by atoms with Gasteiger partial charge in [-0.15, -0.1) is 12.4 Å². The molecule has 1 atom stereocenters. The maximum Gasteiger partial charge on any atom is 0.119 e. The standard InChI is InChI=1S/C22H26N2O4.ClH/c1-26-18-6-8-19(9-7-18)28-15-17(25)14-24-21-5-3-2-4-20(21)23-22(24)16-10-12-27-13-11-16;/h2-9,16-17,25H,10-15H2,1H3;1H. The Kier molecular flexibility index (Phi) is 7.36. The molecule has 156 valence electrons. The third-order valence-electron chi connectivity index (χ3n) is 5.17. The highest BCUT2D eigenvalue weighted by atomic mass is 35.5. The quantitative estimate of drug-likeness (QED) is 0.632. The van der Waals surface area contributed by atoms with Crippen LogP contribution in [-0.2, 0) is 11.3 Å². The van der Waals surface area contributed by atoms with E-state index in [-0.39, 0.29) is 19.0 Å². The summed E-state index contributed by atoms with van der Waals surface area (Å²) >= 11 is 0. The van der Waals surface area contributed by atoms with Gasteiger partial charge >= 0.3 is 0 Å². The summed E-state index contributed by atoms with van der Waals surface area (Å²) in [6.45, 7) is 2.18. The smallest absolute Gasteiger partial charge is 0.119 e. The highest BCUT2D eigenvalue weighted by Gasteiger charge is 2.24. The lowest BCUT2D eigenvalue weighted by Gasteiger charge is -2.23. The van der Waals surface area contributed by atoms with Crippen LogP contribution < -0.4 is 9.47 Å². The van der Waals surface area contributed by atoms with Crippen LogP contribution in [0.1, 0.15) is 24.6 Å². The van der Waals surface area contributed by atoms with Gasteiger partial charge in [-0.3, -0.25) is 0 Å². The Morgan fingerprint density at radius 3 is 2.52 bits per heavy atom. The van der Waals surface area contributed by atoms with Crippen LogP contribution in [0.15, 0.2) is 48.5 Å². The van der Waals surface area contributed by atoms with Gasteiger partial charge in [-0.2, -0.15) is 0 Å². The van der Waals surface area contributed by atoms with Gasteiger partial charge in [0.2, 0.25) is 0 Å². The summed E-state index contributed by atoms with van der Waals surface area (Å²) in [5, 5.41) is 10.6. The van der Waals surface area contributed by atoms with E-state index in [0.717, 1.165) is 48.7 Å². The van der Waals surface area contributed by atoms with Crippen molar-refractivity contribution in [3.63, 3.8) is 0 Å². The Labute approximate surface area is 176 Å². The van der Waals surface area contributed by atoms with Crippen molar-refractivity contribution in [2.75, 3.05) is 26.9 Å². The monoisotopic (exact) mass is 418 g/mol. The fourth-order valence-corrected chi connectivity index (χ4v) is 3.68. The van der Waals surface area contributed by atoms with Gasteiger partial charge in [0.05, 0.1) is 24.7 Å². The number of rotatable bonds is 7. The molecule has 1 N–H and O–H groups in total. The van der Waals surface area contributed by atoms with E-state index in [1.807, 2.05) is 42.5 Å². The molecule has 0 saturated carbocycles. The molecule has 6 nitrogen and oxygen atoms in total. The van der Waals surface area contributed by atoms with E-state index in [1.54, 1.807) is 7.11 Å². The second-order valence-corrected chi connectivity index (χ2v) is 7.10. The molecule has 0 aliphatic carbocycles. The molecule has 1 aromatic heterocycles. The number of aromatic nitrogens is 2. The average Bonchev–Trinajstić information content (AvgIpc) is 3.12. The molecule has 0 radical (unpaired) electrons. The van der Waals surface area contributed by atoms with Gasteiger partial charge in [0.15, 0.2) is 0 Å². The van der Waals surface area contributed by atoms with Crippen molar-refractivity contribution in [2.24, 2.45) is 0 Å². The number of fused-ring (bicyclic) bond motifs is 1. The first kappa shape index (κ1) is 21.4. The normalized spacial score (nSPS) is 15.7. The largest absolute Gasteiger partial charge is 0.497 e. The van der Waals surface area contributed by atoms with Gasteiger partial charge in [-0.1, -0.05) is 12.1 Å². The molecule has 0 spiro atoms. The van der Waals surface area contributed by atoms with Gasteiger partial charge in [0.25, 0.3) is 0 Å². The van der Waals surface area contributed by atoms with E-state index in [0.29, 0.717) is 18.2 Å². The van der Waals surface area contributed by atoms with Crippen molar-refractivity contribution >= 4 is 23.4 Å². The minimum Gasteiger partial charge on any atom is -0.497 e. The summed E-state index contributed by atoms with van der Waals surface area (Å²) in [6.07, 6.45) is 1.28. The first-order valence-corrected chi connectivity index (χ1v) is 9.72. The van der Waals surface area contributed by atoms with Crippen molar-refractivity contribution in [1.29, 1.82) is 0 Å². The van der Waals surface area contributed by atoms with Gasteiger partial charge in [0, 0.05) is 19.1 Å². The summed E-state index contributed by atoms with van der Waals surface area (Å²) in [4.78, 5) is 4.87. The lowest BCUT2D eigenvalue weighted by molar-refractivity contribution is 0.0780. The second-order valence-electron chi connectivity index (χ2n) is 7.10. The zero-order chi connectivity index (χ0) is 19.3. The molecule has 1 unspecified atom stereocenters. The lowest BCUT2D eigenvalue weighted by Crippen LogP contribution is -2.26. The SMILES string of the molecule is COc1ccc(OCC(O)Cn2c(C3CCOCC3)nc3ccccc32)cc1.Cl. The van der Waals surface area contributed by atoms with Crippen molar-refractivity contribution < 1.29 is 19.3 Å². The Bertz CT molecular complexity index is 907. The summed E-state index contributed by atoms with van der Waals surface area (Å²) in [5.74, 6) is 2.88. The van der Waals surface area contributed by atoms with Crippen LogP contribution in [0.3, 0.4) is 0 Å². The molecule has 1 saturated heterocycles. The van der Waals surface area contributed by atoms with E-state index in [2.05, 4.69) is 10.6 Å². The van der Waals surface area contributed by atoms with Crippen LogP contribution >= 0.6 is 12.4 Å². The van der Waals surface area contributed by atoms with Gasteiger partial charge in [-0.05, 0) is 49.2 Å². The molecule has 1 fully saturated rings. The lowest BCUT2D eigenvalue weighted by atomic mass is 9.99. The Balaban J connectivity index is 0.00000240. The number of nitrogens with zero attached hydrogens (tertiary/aromatic N) is 2. The van der Waals surface area contributed by atoms with Crippen molar-refractivity contribution in [3.05, 3.63) is 54.4 Å². The predicted octanol–water partition coefficient (Wildman–Crippen LogP) is 3.80. The predicted molar refractivity (Wildman–Crippen MR) is 114 cm³/mol. The fourth-order valence-electron chi connectivity index (χ4n) is 3.68. The number of hydrogen-bond acceptors (Lipinski definition) is 5. The molecular weight excluding hydrogens is 392 g/mol. The number of imidazole rings is 1. The van der Waals surface area contributed by atoms with Crippen molar-refractivity contribution in [2.45, 2.75) is 31.4 Å². The van der Waals surface area contributed by atoms with Crippen molar-refractivity contribution in [3.8, 4) is 11.5 Å². The summed E-state index contributed by atoms with van der Waals surface area (Å²) in [7, 11) is 1.63.